The molecule has 0 unspecified atom stereocenters. The molecule has 1 aromatic rings. The zero-order valence-electron chi connectivity index (χ0n) is 13.1. The average Bonchev–Trinajstić information content (AvgIpc) is 2.72. The Balaban J connectivity index is 2.22. The van der Waals surface area contributed by atoms with E-state index in [0.717, 1.165) is 25.0 Å². The van der Waals surface area contributed by atoms with Crippen LogP contribution in [0.25, 0.3) is 5.57 Å². The maximum atomic E-state index is 5.83. The highest BCUT2D eigenvalue weighted by Gasteiger charge is 2.07. The van der Waals surface area contributed by atoms with Crippen molar-refractivity contribution in [1.82, 2.24) is 0 Å². The molecular weight excluding hydrogens is 258 g/mol. The normalized spacial score (nSPS) is 14.4. The third-order valence-electron chi connectivity index (χ3n) is 3.62. The standard InChI is InChI=1S/C19H25NO/c1-3-16-14-18(9-10-19(16)21-12-6-11-20)17-8-5-4-7-15(2)13-17/h4,7-10,13-14H,3,5-6,11-12,20H2,1-2H3. The van der Waals surface area contributed by atoms with E-state index in [1.165, 1.54) is 22.3 Å². The summed E-state index contributed by atoms with van der Waals surface area (Å²) in [4.78, 5) is 0. The lowest BCUT2D eigenvalue weighted by Crippen LogP contribution is -2.07. The number of aryl methyl sites for hydroxylation is 1. The second-order valence-corrected chi connectivity index (χ2v) is 5.35. The van der Waals surface area contributed by atoms with Crippen LogP contribution in [0.15, 0.2) is 48.1 Å². The second-order valence-electron chi connectivity index (χ2n) is 5.35. The van der Waals surface area contributed by atoms with Crippen molar-refractivity contribution in [1.29, 1.82) is 0 Å². The van der Waals surface area contributed by atoms with Crippen LogP contribution in [0.4, 0.5) is 0 Å². The minimum absolute atomic E-state index is 0.670. The smallest absolute Gasteiger partial charge is 0.122 e. The molecule has 0 radical (unpaired) electrons. The lowest BCUT2D eigenvalue weighted by molar-refractivity contribution is 0.310. The summed E-state index contributed by atoms with van der Waals surface area (Å²) in [5.74, 6) is 0.989. The fourth-order valence-electron chi connectivity index (χ4n) is 2.44. The van der Waals surface area contributed by atoms with Crippen LogP contribution in [0.5, 0.6) is 5.75 Å². The van der Waals surface area contributed by atoms with Crippen LogP contribution in [0.2, 0.25) is 0 Å². The van der Waals surface area contributed by atoms with Crippen molar-refractivity contribution in [2.75, 3.05) is 13.2 Å². The largest absolute Gasteiger partial charge is 0.493 e. The van der Waals surface area contributed by atoms with Crippen LogP contribution in [-0.2, 0) is 6.42 Å². The number of nitrogens with two attached hydrogens (primary N) is 1. The van der Waals surface area contributed by atoms with E-state index in [9.17, 15) is 0 Å². The Bertz CT molecular complexity index is 567. The van der Waals surface area contributed by atoms with Crippen molar-refractivity contribution >= 4 is 5.57 Å². The summed E-state index contributed by atoms with van der Waals surface area (Å²) in [5, 5.41) is 0. The Morgan fingerprint density at radius 3 is 2.90 bits per heavy atom. The van der Waals surface area contributed by atoms with Gasteiger partial charge in [-0.25, -0.2) is 0 Å². The number of ether oxygens (including phenoxy) is 1. The van der Waals surface area contributed by atoms with Gasteiger partial charge in [0.1, 0.15) is 5.75 Å². The molecule has 2 N–H and O–H groups in total. The topological polar surface area (TPSA) is 35.2 Å². The van der Waals surface area contributed by atoms with Gasteiger partial charge >= 0.3 is 0 Å². The lowest BCUT2D eigenvalue weighted by atomic mass is 9.99. The summed E-state index contributed by atoms with van der Waals surface area (Å²) in [6, 6.07) is 6.49. The van der Waals surface area contributed by atoms with E-state index in [2.05, 4.69) is 56.4 Å². The van der Waals surface area contributed by atoms with Crippen molar-refractivity contribution in [3.8, 4) is 5.75 Å². The highest BCUT2D eigenvalue weighted by Crippen LogP contribution is 2.27. The van der Waals surface area contributed by atoms with E-state index in [0.29, 0.717) is 13.2 Å². The molecule has 2 heteroatoms. The van der Waals surface area contributed by atoms with E-state index in [-0.39, 0.29) is 0 Å². The highest BCUT2D eigenvalue weighted by atomic mass is 16.5. The molecule has 1 aromatic carbocycles. The average molecular weight is 283 g/mol. The Labute approximate surface area is 128 Å². The van der Waals surface area contributed by atoms with Crippen LogP contribution < -0.4 is 10.5 Å². The first-order valence-electron chi connectivity index (χ1n) is 7.75. The molecule has 1 aliphatic carbocycles. The lowest BCUT2D eigenvalue weighted by Gasteiger charge is -2.12. The van der Waals surface area contributed by atoms with Crippen LogP contribution in [0.3, 0.4) is 0 Å². The zero-order valence-corrected chi connectivity index (χ0v) is 13.1. The minimum Gasteiger partial charge on any atom is -0.493 e. The van der Waals surface area contributed by atoms with Crippen molar-refractivity contribution < 1.29 is 4.74 Å². The van der Waals surface area contributed by atoms with Gasteiger partial charge < -0.3 is 10.5 Å². The van der Waals surface area contributed by atoms with Gasteiger partial charge in [-0.3, -0.25) is 0 Å². The zero-order chi connectivity index (χ0) is 15.1. The summed E-state index contributed by atoms with van der Waals surface area (Å²) in [6.07, 6.45) is 11.7. The maximum Gasteiger partial charge on any atom is 0.122 e. The molecule has 21 heavy (non-hydrogen) atoms. The molecule has 0 fully saturated rings. The first-order valence-corrected chi connectivity index (χ1v) is 7.75. The minimum atomic E-state index is 0.670. The molecule has 112 valence electrons. The van der Waals surface area contributed by atoms with E-state index >= 15 is 0 Å². The van der Waals surface area contributed by atoms with Gasteiger partial charge in [0.15, 0.2) is 0 Å². The number of rotatable bonds is 6. The van der Waals surface area contributed by atoms with Crippen LogP contribution in [0.1, 0.15) is 37.8 Å². The molecule has 0 bridgehead atoms. The molecule has 0 atom stereocenters. The Kier molecular flexibility index (Phi) is 5.82. The predicted octanol–water partition coefficient (Wildman–Crippen LogP) is 4.27. The quantitative estimate of drug-likeness (QED) is 0.791. The SMILES string of the molecule is CCc1cc(C2=CCC=CC(C)=C2)ccc1OCCCN. The van der Waals surface area contributed by atoms with E-state index in [1.54, 1.807) is 0 Å². The van der Waals surface area contributed by atoms with Gasteiger partial charge in [0.2, 0.25) is 0 Å². The van der Waals surface area contributed by atoms with Gasteiger partial charge in [-0.2, -0.15) is 0 Å². The number of benzene rings is 1. The fraction of sp³-hybridized carbons (Fsp3) is 0.368. The van der Waals surface area contributed by atoms with Crippen molar-refractivity contribution in [3.63, 3.8) is 0 Å². The third kappa shape index (κ3) is 4.33. The number of allylic oxidation sites excluding steroid dienone is 6. The van der Waals surface area contributed by atoms with E-state index < -0.39 is 0 Å². The molecule has 0 aromatic heterocycles. The Morgan fingerprint density at radius 1 is 1.29 bits per heavy atom. The van der Waals surface area contributed by atoms with Gasteiger partial charge in [0.25, 0.3) is 0 Å². The molecular formula is C19H25NO. The van der Waals surface area contributed by atoms with Crippen LogP contribution >= 0.6 is 0 Å². The molecule has 0 spiro atoms. The maximum absolute atomic E-state index is 5.83. The number of hydrogen-bond donors (Lipinski definition) is 1. The molecule has 0 aliphatic heterocycles. The van der Waals surface area contributed by atoms with Crippen LogP contribution in [-0.4, -0.2) is 13.2 Å². The van der Waals surface area contributed by atoms with Gasteiger partial charge in [0.05, 0.1) is 6.61 Å². The second kappa shape index (κ2) is 7.84. The molecule has 2 rings (SSSR count). The molecule has 0 heterocycles. The first kappa shape index (κ1) is 15.6. The van der Waals surface area contributed by atoms with Gasteiger partial charge in [-0.05, 0) is 61.6 Å². The van der Waals surface area contributed by atoms with Gasteiger partial charge in [0, 0.05) is 0 Å². The molecule has 0 amide bonds. The summed E-state index contributed by atoms with van der Waals surface area (Å²) in [6.45, 7) is 5.66. The highest BCUT2D eigenvalue weighted by molar-refractivity contribution is 5.76. The van der Waals surface area contributed by atoms with Crippen molar-refractivity contribution in [3.05, 3.63) is 59.2 Å². The van der Waals surface area contributed by atoms with Crippen LogP contribution in [0, 0.1) is 0 Å². The fourth-order valence-corrected chi connectivity index (χ4v) is 2.44. The van der Waals surface area contributed by atoms with Gasteiger partial charge in [-0.15, -0.1) is 0 Å². The monoisotopic (exact) mass is 283 g/mol. The van der Waals surface area contributed by atoms with E-state index in [4.69, 9.17) is 10.5 Å². The summed E-state index contributed by atoms with van der Waals surface area (Å²) in [5.41, 5.74) is 10.6. The molecule has 0 saturated carbocycles. The summed E-state index contributed by atoms with van der Waals surface area (Å²) in [7, 11) is 0. The Morgan fingerprint density at radius 2 is 2.14 bits per heavy atom. The summed E-state index contributed by atoms with van der Waals surface area (Å²) >= 11 is 0. The predicted molar refractivity (Wildman–Crippen MR) is 90.5 cm³/mol. The summed E-state index contributed by atoms with van der Waals surface area (Å²) < 4.78 is 5.83. The van der Waals surface area contributed by atoms with Crippen molar-refractivity contribution in [2.24, 2.45) is 5.73 Å². The Hall–Kier alpha value is -1.80. The van der Waals surface area contributed by atoms with Gasteiger partial charge in [-0.1, -0.05) is 42.9 Å². The molecule has 0 saturated heterocycles. The molecule has 2 nitrogen and oxygen atoms in total. The van der Waals surface area contributed by atoms with E-state index in [1.807, 2.05) is 0 Å². The number of hydrogen-bond acceptors (Lipinski definition) is 2. The molecule has 1 aliphatic rings. The van der Waals surface area contributed by atoms with Crippen molar-refractivity contribution in [2.45, 2.75) is 33.1 Å². The first-order chi connectivity index (χ1) is 10.2. The third-order valence-corrected chi connectivity index (χ3v) is 3.62.